The van der Waals surface area contributed by atoms with Gasteiger partial charge in [-0.2, -0.15) is 5.10 Å². The van der Waals surface area contributed by atoms with Crippen LogP contribution in [0.15, 0.2) is 18.2 Å². The average molecular weight is 411 g/mol. The van der Waals surface area contributed by atoms with E-state index < -0.39 is 0 Å². The van der Waals surface area contributed by atoms with Crippen molar-refractivity contribution in [2.24, 2.45) is 7.05 Å². The molecule has 1 aromatic carbocycles. The molecule has 0 bridgehead atoms. The summed E-state index contributed by atoms with van der Waals surface area (Å²) >= 11 is 1.61. The number of thiazole rings is 1. The molecule has 0 saturated heterocycles. The molecule has 0 atom stereocenters. The molecule has 0 unspecified atom stereocenters. The zero-order valence-electron chi connectivity index (χ0n) is 18.2. The van der Waals surface area contributed by atoms with Crippen LogP contribution in [-0.2, 0) is 24.7 Å². The SMILES string of the molecule is Cc1nc(-c2ccc(C)c(C)c2)c(CC(=O)NCCCc2c(C)nn(C)c2C)s1. The quantitative estimate of drug-likeness (QED) is 0.588. The molecule has 29 heavy (non-hydrogen) atoms. The van der Waals surface area contributed by atoms with E-state index in [2.05, 4.69) is 49.4 Å². The largest absolute Gasteiger partial charge is 0.356 e. The predicted octanol–water partition coefficient (Wildman–Crippen LogP) is 4.38. The van der Waals surface area contributed by atoms with Crippen LogP contribution < -0.4 is 5.32 Å². The number of amides is 1. The maximum absolute atomic E-state index is 12.5. The Morgan fingerprint density at radius 2 is 1.90 bits per heavy atom. The maximum atomic E-state index is 12.5. The van der Waals surface area contributed by atoms with Gasteiger partial charge in [0.2, 0.25) is 5.91 Å². The van der Waals surface area contributed by atoms with Crippen LogP contribution in [0.4, 0.5) is 0 Å². The van der Waals surface area contributed by atoms with Crippen LogP contribution in [0, 0.1) is 34.6 Å². The molecule has 0 radical (unpaired) electrons. The highest BCUT2D eigenvalue weighted by molar-refractivity contribution is 7.12. The van der Waals surface area contributed by atoms with Crippen molar-refractivity contribution in [1.82, 2.24) is 20.1 Å². The molecular weight excluding hydrogens is 380 g/mol. The molecule has 0 saturated carbocycles. The normalized spacial score (nSPS) is 11.1. The second kappa shape index (κ2) is 8.91. The van der Waals surface area contributed by atoms with E-state index in [1.807, 2.05) is 25.6 Å². The molecule has 1 amide bonds. The Hall–Kier alpha value is -2.47. The number of aromatic nitrogens is 3. The first-order chi connectivity index (χ1) is 13.8. The molecule has 2 aromatic heterocycles. The molecule has 1 N–H and O–H groups in total. The number of carbonyl (C=O) groups is 1. The first kappa shape index (κ1) is 21.2. The fourth-order valence-corrected chi connectivity index (χ4v) is 4.54. The van der Waals surface area contributed by atoms with Gasteiger partial charge >= 0.3 is 0 Å². The van der Waals surface area contributed by atoms with Crippen molar-refractivity contribution >= 4 is 17.2 Å². The minimum atomic E-state index is 0.0540. The molecule has 0 aliphatic rings. The number of nitrogens with zero attached hydrogens (tertiary/aromatic N) is 3. The minimum absolute atomic E-state index is 0.0540. The summed E-state index contributed by atoms with van der Waals surface area (Å²) in [6.45, 7) is 11.0. The van der Waals surface area contributed by atoms with Gasteiger partial charge in [0.05, 0.1) is 22.8 Å². The van der Waals surface area contributed by atoms with E-state index >= 15 is 0 Å². The molecule has 0 spiro atoms. The predicted molar refractivity (Wildman–Crippen MR) is 119 cm³/mol. The zero-order chi connectivity index (χ0) is 21.1. The van der Waals surface area contributed by atoms with Gasteiger partial charge in [-0.3, -0.25) is 9.48 Å². The number of aryl methyl sites for hydroxylation is 5. The summed E-state index contributed by atoms with van der Waals surface area (Å²) in [6.07, 6.45) is 2.21. The Labute approximate surface area is 177 Å². The van der Waals surface area contributed by atoms with Crippen LogP contribution >= 0.6 is 11.3 Å². The van der Waals surface area contributed by atoms with Gasteiger partial charge < -0.3 is 5.32 Å². The monoisotopic (exact) mass is 410 g/mol. The van der Waals surface area contributed by atoms with Crippen LogP contribution in [0.25, 0.3) is 11.3 Å². The number of rotatable bonds is 7. The van der Waals surface area contributed by atoms with E-state index in [9.17, 15) is 4.79 Å². The number of carbonyl (C=O) groups excluding carboxylic acids is 1. The van der Waals surface area contributed by atoms with Crippen LogP contribution in [0.5, 0.6) is 0 Å². The molecule has 0 fully saturated rings. The smallest absolute Gasteiger partial charge is 0.225 e. The third-order valence-corrected chi connectivity index (χ3v) is 6.46. The summed E-state index contributed by atoms with van der Waals surface area (Å²) in [5, 5.41) is 8.51. The molecule has 5 nitrogen and oxygen atoms in total. The van der Waals surface area contributed by atoms with Crippen molar-refractivity contribution in [2.75, 3.05) is 6.54 Å². The second-order valence-electron chi connectivity index (χ2n) is 7.71. The van der Waals surface area contributed by atoms with Crippen molar-refractivity contribution in [3.63, 3.8) is 0 Å². The van der Waals surface area contributed by atoms with E-state index in [4.69, 9.17) is 4.98 Å². The van der Waals surface area contributed by atoms with Crippen molar-refractivity contribution in [3.8, 4) is 11.3 Å². The standard InChI is InChI=1S/C23H30N4OS/c1-14-9-10-19(12-15(14)2)23-21(29-18(5)25-23)13-22(28)24-11-7-8-20-16(3)26-27(6)17(20)4/h9-10,12H,7-8,11,13H2,1-6H3,(H,24,28). The molecule has 2 heterocycles. The first-order valence-corrected chi connectivity index (χ1v) is 10.9. The average Bonchev–Trinajstić information content (AvgIpc) is 3.14. The fourth-order valence-electron chi connectivity index (χ4n) is 3.58. The van der Waals surface area contributed by atoms with Crippen molar-refractivity contribution in [3.05, 3.63) is 56.2 Å². The van der Waals surface area contributed by atoms with Crippen LogP contribution in [0.1, 0.15) is 44.4 Å². The molecule has 154 valence electrons. The van der Waals surface area contributed by atoms with E-state index in [1.54, 1.807) is 11.3 Å². The lowest BCUT2D eigenvalue weighted by atomic mass is 10.0. The minimum Gasteiger partial charge on any atom is -0.356 e. The highest BCUT2D eigenvalue weighted by Gasteiger charge is 2.15. The maximum Gasteiger partial charge on any atom is 0.225 e. The number of benzene rings is 1. The molecule has 6 heteroatoms. The van der Waals surface area contributed by atoms with Crippen LogP contribution in [-0.4, -0.2) is 27.2 Å². The van der Waals surface area contributed by atoms with Gasteiger partial charge in [0.15, 0.2) is 0 Å². The zero-order valence-corrected chi connectivity index (χ0v) is 19.0. The van der Waals surface area contributed by atoms with Gasteiger partial charge in [0.25, 0.3) is 0 Å². The molecule has 0 aliphatic heterocycles. The fraction of sp³-hybridized carbons (Fsp3) is 0.435. The van der Waals surface area contributed by atoms with E-state index in [1.165, 1.54) is 22.4 Å². The lowest BCUT2D eigenvalue weighted by molar-refractivity contribution is -0.120. The highest BCUT2D eigenvalue weighted by atomic mass is 32.1. The Morgan fingerprint density at radius 1 is 1.14 bits per heavy atom. The van der Waals surface area contributed by atoms with Crippen molar-refractivity contribution in [1.29, 1.82) is 0 Å². The lowest BCUT2D eigenvalue weighted by Crippen LogP contribution is -2.26. The topological polar surface area (TPSA) is 59.8 Å². The summed E-state index contributed by atoms with van der Waals surface area (Å²) in [5.74, 6) is 0.0540. The number of nitrogens with one attached hydrogen (secondary N) is 1. The van der Waals surface area contributed by atoms with E-state index in [0.29, 0.717) is 13.0 Å². The lowest BCUT2D eigenvalue weighted by Gasteiger charge is -2.07. The second-order valence-corrected chi connectivity index (χ2v) is 8.99. The molecule has 3 aromatic rings. The molecular formula is C23H30N4OS. The third-order valence-electron chi connectivity index (χ3n) is 5.49. The van der Waals surface area contributed by atoms with Gasteiger partial charge in [0, 0.05) is 29.7 Å². The number of hydrogen-bond acceptors (Lipinski definition) is 4. The summed E-state index contributed by atoms with van der Waals surface area (Å²) in [6, 6.07) is 6.37. The Morgan fingerprint density at radius 3 is 2.55 bits per heavy atom. The highest BCUT2D eigenvalue weighted by Crippen LogP contribution is 2.29. The third kappa shape index (κ3) is 4.93. The Balaban J connectivity index is 1.59. The van der Waals surface area contributed by atoms with Crippen LogP contribution in [0.2, 0.25) is 0 Å². The number of hydrogen-bond donors (Lipinski definition) is 1. The Kier molecular flexibility index (Phi) is 6.52. The van der Waals surface area contributed by atoms with Gasteiger partial charge in [-0.1, -0.05) is 12.1 Å². The van der Waals surface area contributed by atoms with Gasteiger partial charge in [0.1, 0.15) is 0 Å². The Bertz CT molecular complexity index is 1030. The molecule has 0 aliphatic carbocycles. The van der Waals surface area contributed by atoms with Crippen LogP contribution in [0.3, 0.4) is 0 Å². The summed E-state index contributed by atoms with van der Waals surface area (Å²) in [4.78, 5) is 18.2. The van der Waals surface area contributed by atoms with Gasteiger partial charge in [-0.25, -0.2) is 4.98 Å². The summed E-state index contributed by atoms with van der Waals surface area (Å²) < 4.78 is 1.92. The first-order valence-electron chi connectivity index (χ1n) is 10.1. The van der Waals surface area contributed by atoms with Gasteiger partial charge in [-0.05, 0) is 70.2 Å². The van der Waals surface area contributed by atoms with E-state index in [0.717, 1.165) is 39.7 Å². The summed E-state index contributed by atoms with van der Waals surface area (Å²) in [5.41, 5.74) is 8.09. The van der Waals surface area contributed by atoms with Crippen molar-refractivity contribution in [2.45, 2.75) is 53.9 Å². The molecule has 3 rings (SSSR count). The van der Waals surface area contributed by atoms with Crippen molar-refractivity contribution < 1.29 is 4.79 Å². The van der Waals surface area contributed by atoms with E-state index in [-0.39, 0.29) is 5.91 Å². The summed E-state index contributed by atoms with van der Waals surface area (Å²) in [7, 11) is 1.97. The van der Waals surface area contributed by atoms with Gasteiger partial charge in [-0.15, -0.1) is 11.3 Å².